The molecule has 1 saturated heterocycles. The molecule has 1 fully saturated rings. The first-order valence-corrected chi connectivity index (χ1v) is 8.57. The summed E-state index contributed by atoms with van der Waals surface area (Å²) in [7, 11) is 0. The second-order valence-electron chi connectivity index (χ2n) is 5.57. The molecule has 128 valence electrons. The van der Waals surface area contributed by atoms with E-state index in [1.54, 1.807) is 24.3 Å². The minimum Gasteiger partial charge on any atom is -0.481 e. The Bertz CT molecular complexity index is 475. The van der Waals surface area contributed by atoms with Gasteiger partial charge in [0.1, 0.15) is 5.75 Å². The van der Waals surface area contributed by atoms with Crippen LogP contribution in [0.5, 0.6) is 5.75 Å². The predicted octanol–water partition coefficient (Wildman–Crippen LogP) is 2.34. The lowest BCUT2D eigenvalue weighted by Gasteiger charge is -2.26. The van der Waals surface area contributed by atoms with E-state index in [-0.39, 0.29) is 5.91 Å². The van der Waals surface area contributed by atoms with Gasteiger partial charge in [-0.05, 0) is 43.7 Å². The maximum atomic E-state index is 12.2. The number of carbonyl (C=O) groups excluding carboxylic acids is 1. The molecule has 0 bridgehead atoms. The Labute approximate surface area is 142 Å². The normalized spacial score (nSPS) is 16.8. The molecule has 1 N–H and O–H groups in total. The molecule has 1 amide bonds. The first-order chi connectivity index (χ1) is 11.2. The number of rotatable bonds is 8. The summed E-state index contributed by atoms with van der Waals surface area (Å²) in [5.41, 5.74) is 0. The zero-order chi connectivity index (χ0) is 16.5. The standard InChI is InChI=1S/C17H25ClN2O3/c1-2-16(23-15-6-4-14(18)5-7-15)17(21)19-8-3-9-20-10-12-22-13-11-20/h4-7,16H,2-3,8-13H2,1H3,(H,19,21)/t16-/m0/s1. The van der Waals surface area contributed by atoms with E-state index in [0.29, 0.717) is 23.7 Å². The van der Waals surface area contributed by atoms with E-state index in [0.717, 1.165) is 39.3 Å². The Morgan fingerprint density at radius 2 is 2.04 bits per heavy atom. The Morgan fingerprint density at radius 3 is 2.70 bits per heavy atom. The van der Waals surface area contributed by atoms with Gasteiger partial charge in [0, 0.05) is 24.7 Å². The molecule has 6 heteroatoms. The molecule has 0 radical (unpaired) electrons. The minimum atomic E-state index is -0.473. The van der Waals surface area contributed by atoms with Gasteiger partial charge in [-0.3, -0.25) is 9.69 Å². The summed E-state index contributed by atoms with van der Waals surface area (Å²) >= 11 is 5.85. The summed E-state index contributed by atoms with van der Waals surface area (Å²) in [4.78, 5) is 14.6. The van der Waals surface area contributed by atoms with E-state index in [2.05, 4.69) is 10.2 Å². The molecule has 23 heavy (non-hydrogen) atoms. The van der Waals surface area contributed by atoms with Crippen LogP contribution in [0.15, 0.2) is 24.3 Å². The molecular weight excluding hydrogens is 316 g/mol. The average Bonchev–Trinajstić information content (AvgIpc) is 2.59. The maximum absolute atomic E-state index is 12.2. The molecule has 1 heterocycles. The number of ether oxygens (including phenoxy) is 2. The number of nitrogens with zero attached hydrogens (tertiary/aromatic N) is 1. The van der Waals surface area contributed by atoms with Crippen molar-refractivity contribution in [1.82, 2.24) is 10.2 Å². The number of benzene rings is 1. The van der Waals surface area contributed by atoms with E-state index in [1.807, 2.05) is 6.92 Å². The summed E-state index contributed by atoms with van der Waals surface area (Å²) in [6, 6.07) is 7.06. The van der Waals surface area contributed by atoms with Crippen LogP contribution in [0.2, 0.25) is 5.02 Å². The van der Waals surface area contributed by atoms with Crippen molar-refractivity contribution in [3.63, 3.8) is 0 Å². The summed E-state index contributed by atoms with van der Waals surface area (Å²) in [5, 5.41) is 3.61. The molecule has 5 nitrogen and oxygen atoms in total. The van der Waals surface area contributed by atoms with Crippen LogP contribution < -0.4 is 10.1 Å². The van der Waals surface area contributed by atoms with Crippen molar-refractivity contribution in [2.24, 2.45) is 0 Å². The lowest BCUT2D eigenvalue weighted by Crippen LogP contribution is -2.41. The fraction of sp³-hybridized carbons (Fsp3) is 0.588. The number of nitrogens with one attached hydrogen (secondary N) is 1. The van der Waals surface area contributed by atoms with Crippen LogP contribution in [0.25, 0.3) is 0 Å². The molecule has 1 atom stereocenters. The van der Waals surface area contributed by atoms with Crippen molar-refractivity contribution in [2.45, 2.75) is 25.9 Å². The summed E-state index contributed by atoms with van der Waals surface area (Å²) in [6.07, 6.45) is 1.08. The number of hydrogen-bond donors (Lipinski definition) is 1. The second-order valence-corrected chi connectivity index (χ2v) is 6.00. The third-order valence-electron chi connectivity index (χ3n) is 3.81. The van der Waals surface area contributed by atoms with Crippen LogP contribution in [0.3, 0.4) is 0 Å². The first kappa shape index (κ1) is 18.0. The molecule has 1 aromatic rings. The van der Waals surface area contributed by atoms with Crippen LogP contribution >= 0.6 is 11.6 Å². The van der Waals surface area contributed by atoms with Crippen molar-refractivity contribution >= 4 is 17.5 Å². The van der Waals surface area contributed by atoms with Crippen molar-refractivity contribution in [3.05, 3.63) is 29.3 Å². The molecule has 0 spiro atoms. The molecule has 2 rings (SSSR count). The molecular formula is C17H25ClN2O3. The van der Waals surface area contributed by atoms with Gasteiger partial charge in [-0.2, -0.15) is 0 Å². The van der Waals surface area contributed by atoms with Gasteiger partial charge in [-0.1, -0.05) is 18.5 Å². The SMILES string of the molecule is CC[C@H](Oc1ccc(Cl)cc1)C(=O)NCCCN1CCOCC1. The van der Waals surface area contributed by atoms with E-state index < -0.39 is 6.10 Å². The first-order valence-electron chi connectivity index (χ1n) is 8.19. The van der Waals surface area contributed by atoms with Gasteiger partial charge in [-0.15, -0.1) is 0 Å². The van der Waals surface area contributed by atoms with Crippen LogP contribution in [-0.4, -0.2) is 56.3 Å². The van der Waals surface area contributed by atoms with Crippen LogP contribution in [0, 0.1) is 0 Å². The predicted molar refractivity (Wildman–Crippen MR) is 91.0 cm³/mol. The van der Waals surface area contributed by atoms with Gasteiger partial charge >= 0.3 is 0 Å². The van der Waals surface area contributed by atoms with E-state index in [1.165, 1.54) is 0 Å². The van der Waals surface area contributed by atoms with Crippen molar-refractivity contribution in [2.75, 3.05) is 39.4 Å². The van der Waals surface area contributed by atoms with Gasteiger partial charge in [0.05, 0.1) is 13.2 Å². The van der Waals surface area contributed by atoms with E-state index in [9.17, 15) is 4.79 Å². The Kier molecular flexibility index (Phi) is 7.65. The highest BCUT2D eigenvalue weighted by molar-refractivity contribution is 6.30. The monoisotopic (exact) mass is 340 g/mol. The smallest absolute Gasteiger partial charge is 0.261 e. The summed E-state index contributed by atoms with van der Waals surface area (Å²) < 4.78 is 11.0. The van der Waals surface area contributed by atoms with Gasteiger partial charge in [0.2, 0.25) is 0 Å². The zero-order valence-electron chi connectivity index (χ0n) is 13.6. The third-order valence-corrected chi connectivity index (χ3v) is 4.06. The molecule has 0 unspecified atom stereocenters. The molecule has 0 saturated carbocycles. The molecule has 1 aliphatic heterocycles. The third kappa shape index (κ3) is 6.37. The lowest BCUT2D eigenvalue weighted by molar-refractivity contribution is -0.128. The van der Waals surface area contributed by atoms with Crippen molar-refractivity contribution < 1.29 is 14.3 Å². The fourth-order valence-electron chi connectivity index (χ4n) is 2.45. The van der Waals surface area contributed by atoms with Crippen LogP contribution in [0.4, 0.5) is 0 Å². The topological polar surface area (TPSA) is 50.8 Å². The molecule has 0 aromatic heterocycles. The Morgan fingerprint density at radius 1 is 1.35 bits per heavy atom. The van der Waals surface area contributed by atoms with E-state index >= 15 is 0 Å². The highest BCUT2D eigenvalue weighted by Gasteiger charge is 2.18. The van der Waals surface area contributed by atoms with Gasteiger partial charge in [0.25, 0.3) is 5.91 Å². The van der Waals surface area contributed by atoms with Gasteiger partial charge < -0.3 is 14.8 Å². The number of hydrogen-bond acceptors (Lipinski definition) is 4. The maximum Gasteiger partial charge on any atom is 0.261 e. The molecule has 1 aromatic carbocycles. The van der Waals surface area contributed by atoms with Crippen LogP contribution in [-0.2, 0) is 9.53 Å². The molecule has 1 aliphatic rings. The largest absolute Gasteiger partial charge is 0.481 e. The van der Waals surface area contributed by atoms with Gasteiger partial charge in [0.15, 0.2) is 6.10 Å². The Balaban J connectivity index is 1.68. The summed E-state index contributed by atoms with van der Waals surface area (Å²) in [5.74, 6) is 0.592. The van der Waals surface area contributed by atoms with Crippen LogP contribution in [0.1, 0.15) is 19.8 Å². The summed E-state index contributed by atoms with van der Waals surface area (Å²) in [6.45, 7) is 7.15. The highest BCUT2D eigenvalue weighted by Crippen LogP contribution is 2.17. The number of carbonyl (C=O) groups is 1. The minimum absolute atomic E-state index is 0.0653. The fourth-order valence-corrected chi connectivity index (χ4v) is 2.58. The van der Waals surface area contributed by atoms with Gasteiger partial charge in [-0.25, -0.2) is 0 Å². The average molecular weight is 341 g/mol. The van der Waals surface area contributed by atoms with E-state index in [4.69, 9.17) is 21.1 Å². The highest BCUT2D eigenvalue weighted by atomic mass is 35.5. The Hall–Kier alpha value is -1.30. The molecule has 0 aliphatic carbocycles. The number of amides is 1. The quantitative estimate of drug-likeness (QED) is 0.738. The van der Waals surface area contributed by atoms with Crippen molar-refractivity contribution in [1.29, 1.82) is 0 Å². The zero-order valence-corrected chi connectivity index (χ0v) is 14.3. The number of halogens is 1. The lowest BCUT2D eigenvalue weighted by atomic mass is 10.2. The van der Waals surface area contributed by atoms with Crippen molar-refractivity contribution in [3.8, 4) is 5.75 Å². The number of morpholine rings is 1. The second kappa shape index (κ2) is 9.75.